The van der Waals surface area contributed by atoms with Gasteiger partial charge in [-0.25, -0.2) is 4.68 Å². The Balaban J connectivity index is 1.84. The molecule has 0 saturated heterocycles. The molecular formula is C13H19N3O2. The molecule has 0 unspecified atom stereocenters. The van der Waals surface area contributed by atoms with E-state index in [1.54, 1.807) is 4.68 Å². The molecule has 98 valence electrons. The summed E-state index contributed by atoms with van der Waals surface area (Å²) in [7, 11) is 0. The summed E-state index contributed by atoms with van der Waals surface area (Å²) in [5.41, 5.74) is 5.20. The van der Waals surface area contributed by atoms with E-state index in [4.69, 9.17) is 5.73 Å². The van der Waals surface area contributed by atoms with E-state index in [0.717, 1.165) is 37.0 Å². The Morgan fingerprint density at radius 1 is 1.17 bits per heavy atom. The quantitative estimate of drug-likeness (QED) is 0.703. The first-order chi connectivity index (χ1) is 8.57. The van der Waals surface area contributed by atoms with Gasteiger partial charge >= 0.3 is 5.56 Å². The minimum atomic E-state index is -0.338. The normalized spacial score (nSPS) is 41.4. The van der Waals surface area contributed by atoms with Crippen LogP contribution >= 0.6 is 0 Å². The minimum absolute atomic E-state index is 0.0963. The molecule has 4 aliphatic rings. The van der Waals surface area contributed by atoms with Crippen molar-refractivity contribution >= 4 is 5.82 Å². The van der Waals surface area contributed by atoms with Crippen LogP contribution in [0, 0.1) is 17.8 Å². The maximum Gasteiger partial charge on any atom is 0.311 e. The number of H-pyrrole nitrogens is 1. The zero-order valence-corrected chi connectivity index (χ0v) is 10.4. The van der Waals surface area contributed by atoms with Crippen LogP contribution in [0.3, 0.4) is 0 Å². The predicted molar refractivity (Wildman–Crippen MR) is 67.3 cm³/mol. The number of nitrogen functional groups attached to an aromatic ring is 1. The SMILES string of the molecule is Nc1[nH]n(C23CC4CC(CC(C4)C2)C3)c(=O)c1O. The molecule has 0 amide bonds. The van der Waals surface area contributed by atoms with E-state index in [9.17, 15) is 9.90 Å². The van der Waals surface area contributed by atoms with Crippen molar-refractivity contribution in [2.45, 2.75) is 44.1 Å². The number of nitrogens with zero attached hydrogens (tertiary/aromatic N) is 1. The molecule has 5 rings (SSSR count). The van der Waals surface area contributed by atoms with E-state index >= 15 is 0 Å². The van der Waals surface area contributed by atoms with Crippen molar-refractivity contribution in [3.63, 3.8) is 0 Å². The zero-order valence-electron chi connectivity index (χ0n) is 10.4. The van der Waals surface area contributed by atoms with E-state index in [1.165, 1.54) is 19.3 Å². The van der Waals surface area contributed by atoms with Gasteiger partial charge < -0.3 is 10.8 Å². The highest BCUT2D eigenvalue weighted by Gasteiger charge is 2.53. The average molecular weight is 249 g/mol. The van der Waals surface area contributed by atoms with Gasteiger partial charge in [-0.05, 0) is 56.3 Å². The van der Waals surface area contributed by atoms with E-state index < -0.39 is 0 Å². The first-order valence-electron chi connectivity index (χ1n) is 6.87. The fourth-order valence-corrected chi connectivity index (χ4v) is 5.12. The average Bonchev–Trinajstić information content (AvgIpc) is 2.56. The van der Waals surface area contributed by atoms with Gasteiger partial charge in [-0.3, -0.25) is 9.89 Å². The molecule has 1 aromatic rings. The molecule has 0 radical (unpaired) electrons. The second-order valence-electron chi connectivity index (χ2n) is 6.66. The molecular weight excluding hydrogens is 230 g/mol. The molecule has 5 heteroatoms. The molecule has 0 aliphatic heterocycles. The Morgan fingerprint density at radius 2 is 1.67 bits per heavy atom. The summed E-state index contributed by atoms with van der Waals surface area (Å²) < 4.78 is 1.64. The number of aromatic nitrogens is 2. The maximum absolute atomic E-state index is 12.1. The number of nitrogens with one attached hydrogen (secondary N) is 1. The number of rotatable bonds is 1. The largest absolute Gasteiger partial charge is 0.500 e. The Hall–Kier alpha value is -1.39. The van der Waals surface area contributed by atoms with E-state index in [1.807, 2.05) is 0 Å². The summed E-state index contributed by atoms with van der Waals surface area (Å²) in [6, 6.07) is 0. The monoisotopic (exact) mass is 249 g/mol. The molecule has 4 bridgehead atoms. The van der Waals surface area contributed by atoms with E-state index in [0.29, 0.717) is 0 Å². The van der Waals surface area contributed by atoms with Gasteiger partial charge in [0.15, 0.2) is 5.82 Å². The summed E-state index contributed by atoms with van der Waals surface area (Å²) >= 11 is 0. The van der Waals surface area contributed by atoms with Gasteiger partial charge in [-0.2, -0.15) is 0 Å². The van der Waals surface area contributed by atoms with E-state index in [-0.39, 0.29) is 22.7 Å². The first kappa shape index (κ1) is 10.5. The minimum Gasteiger partial charge on any atom is -0.500 e. The molecule has 4 aliphatic carbocycles. The first-order valence-corrected chi connectivity index (χ1v) is 6.87. The third-order valence-corrected chi connectivity index (χ3v) is 5.37. The van der Waals surface area contributed by atoms with Crippen LogP contribution in [0.4, 0.5) is 5.82 Å². The summed E-state index contributed by atoms with van der Waals surface area (Å²) in [5.74, 6) is 2.07. The number of aromatic hydroxyl groups is 1. The summed E-state index contributed by atoms with van der Waals surface area (Å²) in [6.45, 7) is 0. The molecule has 4 saturated carbocycles. The van der Waals surface area contributed by atoms with Crippen LogP contribution in [0.1, 0.15) is 38.5 Å². The van der Waals surface area contributed by atoms with Crippen LogP contribution < -0.4 is 11.3 Å². The fraction of sp³-hybridized carbons (Fsp3) is 0.769. The van der Waals surface area contributed by atoms with Gasteiger partial charge in [-0.15, -0.1) is 0 Å². The number of nitrogens with two attached hydrogens (primary N) is 1. The number of anilines is 1. The molecule has 0 spiro atoms. The lowest BCUT2D eigenvalue weighted by molar-refractivity contribution is -0.0510. The topological polar surface area (TPSA) is 84.0 Å². The second-order valence-corrected chi connectivity index (χ2v) is 6.66. The molecule has 5 nitrogen and oxygen atoms in total. The zero-order chi connectivity index (χ0) is 12.5. The summed E-state index contributed by atoms with van der Waals surface area (Å²) in [6.07, 6.45) is 7.19. The van der Waals surface area contributed by atoms with Crippen LogP contribution in [0.15, 0.2) is 4.79 Å². The van der Waals surface area contributed by atoms with Crippen molar-refractivity contribution in [3.8, 4) is 5.75 Å². The van der Waals surface area contributed by atoms with Crippen molar-refractivity contribution in [1.82, 2.24) is 9.78 Å². The van der Waals surface area contributed by atoms with Crippen LogP contribution in [0.25, 0.3) is 0 Å². The van der Waals surface area contributed by atoms with Gasteiger partial charge in [0.1, 0.15) is 0 Å². The number of aromatic amines is 1. The van der Waals surface area contributed by atoms with Crippen molar-refractivity contribution < 1.29 is 5.11 Å². The van der Waals surface area contributed by atoms with E-state index in [2.05, 4.69) is 5.10 Å². The Morgan fingerprint density at radius 3 is 2.06 bits per heavy atom. The molecule has 0 aromatic carbocycles. The molecule has 4 N–H and O–H groups in total. The summed E-state index contributed by atoms with van der Waals surface area (Å²) in [4.78, 5) is 12.1. The van der Waals surface area contributed by atoms with Crippen LogP contribution in [0.5, 0.6) is 5.75 Å². The highest BCUT2D eigenvalue weighted by atomic mass is 16.3. The van der Waals surface area contributed by atoms with Gasteiger partial charge in [0, 0.05) is 0 Å². The highest BCUT2D eigenvalue weighted by Crippen LogP contribution is 2.58. The third-order valence-electron chi connectivity index (χ3n) is 5.37. The molecule has 0 atom stereocenters. The second kappa shape index (κ2) is 3.13. The lowest BCUT2D eigenvalue weighted by atomic mass is 9.53. The van der Waals surface area contributed by atoms with Gasteiger partial charge in [-0.1, -0.05) is 0 Å². The number of hydrogen-bond donors (Lipinski definition) is 3. The van der Waals surface area contributed by atoms with Crippen LogP contribution in [-0.2, 0) is 5.54 Å². The lowest BCUT2D eigenvalue weighted by Gasteiger charge is -2.56. The third kappa shape index (κ3) is 1.19. The lowest BCUT2D eigenvalue weighted by Crippen LogP contribution is -2.54. The van der Waals surface area contributed by atoms with Crippen molar-refractivity contribution in [2.75, 3.05) is 5.73 Å². The standard InChI is InChI=1S/C13H19N3O2/c14-11-10(17)12(18)16(15-11)13-4-7-1-8(5-13)3-9(2-7)6-13/h7-9,15,17H,1-6,14H2. The predicted octanol–water partition coefficient (Wildman–Crippen LogP) is 1.39. The highest BCUT2D eigenvalue weighted by molar-refractivity contribution is 5.42. The maximum atomic E-state index is 12.1. The Bertz CT molecular complexity index is 522. The molecule has 18 heavy (non-hydrogen) atoms. The Kier molecular flexibility index (Phi) is 1.83. The Labute approximate surface area is 105 Å². The number of hydrogen-bond acceptors (Lipinski definition) is 3. The summed E-state index contributed by atoms with van der Waals surface area (Å²) in [5, 5.41) is 12.5. The molecule has 1 aromatic heterocycles. The molecule has 1 heterocycles. The van der Waals surface area contributed by atoms with Gasteiger partial charge in [0.25, 0.3) is 0 Å². The fourth-order valence-electron chi connectivity index (χ4n) is 5.12. The van der Waals surface area contributed by atoms with Crippen LogP contribution in [0.2, 0.25) is 0 Å². The van der Waals surface area contributed by atoms with Crippen molar-refractivity contribution in [3.05, 3.63) is 10.4 Å². The van der Waals surface area contributed by atoms with Gasteiger partial charge in [0.05, 0.1) is 5.54 Å². The smallest absolute Gasteiger partial charge is 0.311 e. The van der Waals surface area contributed by atoms with Crippen molar-refractivity contribution in [2.24, 2.45) is 17.8 Å². The van der Waals surface area contributed by atoms with Crippen LogP contribution in [-0.4, -0.2) is 14.9 Å². The van der Waals surface area contributed by atoms with Crippen molar-refractivity contribution in [1.29, 1.82) is 0 Å². The van der Waals surface area contributed by atoms with Gasteiger partial charge in [0.2, 0.25) is 5.75 Å². The molecule has 4 fully saturated rings.